The van der Waals surface area contributed by atoms with E-state index in [1.165, 1.54) is 5.57 Å². The van der Waals surface area contributed by atoms with Crippen LogP contribution in [0.2, 0.25) is 0 Å². The van der Waals surface area contributed by atoms with Gasteiger partial charge in [0, 0.05) is 12.3 Å². The fraction of sp³-hybridized carbons (Fsp3) is 0.739. The van der Waals surface area contributed by atoms with Gasteiger partial charge in [-0.1, -0.05) is 39.0 Å². The van der Waals surface area contributed by atoms with Crippen LogP contribution in [-0.4, -0.2) is 35.4 Å². The first-order chi connectivity index (χ1) is 13.4. The number of ether oxygens (including phenoxy) is 2. The number of hydrogen-bond donors (Lipinski definition) is 1. The second kappa shape index (κ2) is 9.25. The summed E-state index contributed by atoms with van der Waals surface area (Å²) in [5.74, 6) is 0.426. The number of esters is 2. The Morgan fingerprint density at radius 2 is 2.18 bits per heavy atom. The number of allylic oxidation sites excluding steroid dienone is 3. The fourth-order valence-corrected chi connectivity index (χ4v) is 4.80. The second-order valence-corrected chi connectivity index (χ2v) is 8.76. The molecule has 0 saturated carbocycles. The maximum atomic E-state index is 12.4. The zero-order chi connectivity index (χ0) is 20.3. The van der Waals surface area contributed by atoms with Crippen LogP contribution < -0.4 is 0 Å². The van der Waals surface area contributed by atoms with Crippen molar-refractivity contribution in [3.05, 3.63) is 23.8 Å². The van der Waals surface area contributed by atoms with Gasteiger partial charge in [0.25, 0.3) is 0 Å². The Bertz CT molecular complexity index is 637. The van der Waals surface area contributed by atoms with Gasteiger partial charge in [-0.05, 0) is 49.5 Å². The summed E-state index contributed by atoms with van der Waals surface area (Å²) < 4.78 is 11.4. The van der Waals surface area contributed by atoms with Crippen LogP contribution in [0.15, 0.2) is 23.8 Å². The van der Waals surface area contributed by atoms with E-state index in [2.05, 4.69) is 25.2 Å². The molecule has 5 heteroatoms. The molecule has 7 atom stereocenters. The molecule has 0 amide bonds. The van der Waals surface area contributed by atoms with Crippen molar-refractivity contribution < 1.29 is 24.2 Å². The third-order valence-corrected chi connectivity index (χ3v) is 6.69. The van der Waals surface area contributed by atoms with Crippen LogP contribution in [0.5, 0.6) is 0 Å². The molecule has 1 aliphatic heterocycles. The molecule has 0 aromatic rings. The minimum Gasteiger partial charge on any atom is -0.462 e. The minimum absolute atomic E-state index is 0.0764. The molecule has 2 unspecified atom stereocenters. The van der Waals surface area contributed by atoms with Crippen molar-refractivity contribution in [1.29, 1.82) is 0 Å². The lowest BCUT2D eigenvalue weighted by Crippen LogP contribution is -2.40. The monoisotopic (exact) mass is 390 g/mol. The number of rotatable bonds is 6. The molecular formula is C23H34O5. The van der Waals surface area contributed by atoms with Crippen molar-refractivity contribution in [2.24, 2.45) is 23.7 Å². The summed E-state index contributed by atoms with van der Waals surface area (Å²) in [4.78, 5) is 24.1. The van der Waals surface area contributed by atoms with Crippen LogP contribution in [0.1, 0.15) is 65.7 Å². The maximum absolute atomic E-state index is 12.4. The molecule has 28 heavy (non-hydrogen) atoms. The molecule has 1 heterocycles. The molecule has 1 N–H and O–H groups in total. The van der Waals surface area contributed by atoms with E-state index in [0.717, 1.165) is 32.1 Å². The number of cyclic esters (lactones) is 1. The summed E-state index contributed by atoms with van der Waals surface area (Å²) in [6.45, 7) is 6.14. The molecule has 0 aromatic carbocycles. The Kier molecular flexibility index (Phi) is 6.97. The third-order valence-electron chi connectivity index (χ3n) is 6.69. The molecule has 156 valence electrons. The van der Waals surface area contributed by atoms with Gasteiger partial charge in [-0.3, -0.25) is 9.59 Å². The first-order valence-corrected chi connectivity index (χ1v) is 10.8. The number of fused-ring (bicyclic) bond motifs is 1. The van der Waals surface area contributed by atoms with E-state index >= 15 is 0 Å². The predicted molar refractivity (Wildman–Crippen MR) is 106 cm³/mol. The molecule has 3 rings (SSSR count). The Balaban J connectivity index is 1.70. The quantitative estimate of drug-likeness (QED) is 0.695. The lowest BCUT2D eigenvalue weighted by Gasteiger charge is -2.42. The predicted octanol–water partition coefficient (Wildman–Crippen LogP) is 3.95. The number of aliphatic hydroxyl groups is 1. The zero-order valence-electron chi connectivity index (χ0n) is 17.3. The van der Waals surface area contributed by atoms with Gasteiger partial charge < -0.3 is 14.6 Å². The van der Waals surface area contributed by atoms with Crippen LogP contribution >= 0.6 is 0 Å². The van der Waals surface area contributed by atoms with Gasteiger partial charge in [-0.15, -0.1) is 0 Å². The van der Waals surface area contributed by atoms with Crippen molar-refractivity contribution in [3.63, 3.8) is 0 Å². The molecule has 5 nitrogen and oxygen atoms in total. The Morgan fingerprint density at radius 1 is 1.39 bits per heavy atom. The molecule has 3 aliphatic rings. The zero-order valence-corrected chi connectivity index (χ0v) is 17.3. The van der Waals surface area contributed by atoms with E-state index in [4.69, 9.17) is 9.47 Å². The van der Waals surface area contributed by atoms with Gasteiger partial charge >= 0.3 is 11.9 Å². The molecule has 0 aromatic heterocycles. The highest BCUT2D eigenvalue weighted by Gasteiger charge is 2.40. The summed E-state index contributed by atoms with van der Waals surface area (Å²) in [5, 5.41) is 9.86. The molecule has 0 bridgehead atoms. The average molecular weight is 391 g/mol. The SMILES string of the molecule is CCC(C)C(=O)O[C@H]1CCC=C2C=C[C@H](C)[C@H](CC[C@@H]3CC(O)CC(=O)O3)[C@H]21. The van der Waals surface area contributed by atoms with E-state index in [-0.39, 0.29) is 42.4 Å². The lowest BCUT2D eigenvalue weighted by molar-refractivity contribution is -0.162. The summed E-state index contributed by atoms with van der Waals surface area (Å²) in [6.07, 6.45) is 10.6. The molecule has 1 fully saturated rings. The van der Waals surface area contributed by atoms with Gasteiger partial charge in [0.05, 0.1) is 18.4 Å². The van der Waals surface area contributed by atoms with E-state index in [0.29, 0.717) is 18.3 Å². The molecule has 1 saturated heterocycles. The largest absolute Gasteiger partial charge is 0.462 e. The Hall–Kier alpha value is -1.62. The standard InChI is InChI=1S/C23H34O5/c1-4-14(2)23(26)28-20-7-5-6-16-9-8-15(3)19(22(16)20)11-10-18-12-17(24)13-21(25)27-18/h6,8-9,14-15,17-20,22,24H,4-5,7,10-13H2,1-3H3/t14?,15-,17?,18+,19-,20-,22-/m0/s1. The summed E-state index contributed by atoms with van der Waals surface area (Å²) in [6, 6.07) is 0. The maximum Gasteiger partial charge on any atom is 0.308 e. The van der Waals surface area contributed by atoms with Gasteiger partial charge in [-0.2, -0.15) is 0 Å². The van der Waals surface area contributed by atoms with Crippen molar-refractivity contribution in [3.8, 4) is 0 Å². The third kappa shape index (κ3) is 4.86. The summed E-state index contributed by atoms with van der Waals surface area (Å²) in [7, 11) is 0. The van der Waals surface area contributed by atoms with Crippen LogP contribution in [0.4, 0.5) is 0 Å². The van der Waals surface area contributed by atoms with Crippen molar-refractivity contribution in [2.75, 3.05) is 0 Å². The van der Waals surface area contributed by atoms with Crippen LogP contribution in [-0.2, 0) is 19.1 Å². The van der Waals surface area contributed by atoms with Crippen molar-refractivity contribution in [2.45, 2.75) is 84.0 Å². The molecular weight excluding hydrogens is 356 g/mol. The molecule has 0 spiro atoms. The van der Waals surface area contributed by atoms with Crippen molar-refractivity contribution >= 4 is 11.9 Å². The van der Waals surface area contributed by atoms with Crippen LogP contribution in [0.3, 0.4) is 0 Å². The summed E-state index contributed by atoms with van der Waals surface area (Å²) >= 11 is 0. The summed E-state index contributed by atoms with van der Waals surface area (Å²) in [5.41, 5.74) is 1.27. The molecule has 2 aliphatic carbocycles. The second-order valence-electron chi connectivity index (χ2n) is 8.76. The highest BCUT2D eigenvalue weighted by Crippen LogP contribution is 2.44. The first kappa shape index (κ1) is 21.1. The van der Waals surface area contributed by atoms with Crippen LogP contribution in [0.25, 0.3) is 0 Å². The number of hydrogen-bond acceptors (Lipinski definition) is 5. The number of carbonyl (C=O) groups is 2. The highest BCUT2D eigenvalue weighted by molar-refractivity contribution is 5.72. The Labute approximate surface area is 168 Å². The van der Waals surface area contributed by atoms with Gasteiger partial charge in [-0.25, -0.2) is 0 Å². The minimum atomic E-state index is -0.593. The lowest BCUT2D eigenvalue weighted by atomic mass is 9.66. The Morgan fingerprint density at radius 3 is 2.89 bits per heavy atom. The highest BCUT2D eigenvalue weighted by atomic mass is 16.5. The fourth-order valence-electron chi connectivity index (χ4n) is 4.80. The van der Waals surface area contributed by atoms with E-state index < -0.39 is 6.10 Å². The first-order valence-electron chi connectivity index (χ1n) is 10.8. The smallest absolute Gasteiger partial charge is 0.308 e. The van der Waals surface area contributed by atoms with Gasteiger partial charge in [0.1, 0.15) is 12.2 Å². The number of carbonyl (C=O) groups excluding carboxylic acids is 2. The van der Waals surface area contributed by atoms with E-state index in [1.54, 1.807) is 0 Å². The van der Waals surface area contributed by atoms with E-state index in [1.807, 2.05) is 13.8 Å². The topological polar surface area (TPSA) is 72.8 Å². The number of aliphatic hydroxyl groups excluding tert-OH is 1. The van der Waals surface area contributed by atoms with Crippen molar-refractivity contribution in [1.82, 2.24) is 0 Å². The van der Waals surface area contributed by atoms with Crippen LogP contribution in [0, 0.1) is 23.7 Å². The normalized spacial score (nSPS) is 36.1. The van der Waals surface area contributed by atoms with Gasteiger partial charge in [0.2, 0.25) is 0 Å². The average Bonchev–Trinajstić information content (AvgIpc) is 2.66. The van der Waals surface area contributed by atoms with E-state index in [9.17, 15) is 14.7 Å². The molecule has 0 radical (unpaired) electrons. The van der Waals surface area contributed by atoms with Gasteiger partial charge in [0.15, 0.2) is 0 Å².